The number of nitrogens with zero attached hydrogens (tertiary/aromatic N) is 5. The van der Waals surface area contributed by atoms with Crippen LogP contribution in [0.15, 0.2) is 36.5 Å². The molecule has 1 unspecified atom stereocenters. The Morgan fingerprint density at radius 3 is 2.68 bits per heavy atom. The maximum atomic E-state index is 16.4. The van der Waals surface area contributed by atoms with Crippen LogP contribution in [0.3, 0.4) is 0 Å². The fourth-order valence-corrected chi connectivity index (χ4v) is 6.86. The van der Waals surface area contributed by atoms with Crippen LogP contribution in [0.5, 0.6) is 0 Å². The van der Waals surface area contributed by atoms with Crippen molar-refractivity contribution in [2.75, 3.05) is 25.6 Å². The van der Waals surface area contributed by atoms with Crippen LogP contribution >= 0.6 is 19.5 Å². The van der Waals surface area contributed by atoms with Crippen molar-refractivity contribution in [3.05, 3.63) is 59.3 Å². The first-order valence-electron chi connectivity index (χ1n) is 13.8. The highest BCUT2D eigenvalue weighted by atomic mass is 32.2. The average molecular weight is 651 g/mol. The second kappa shape index (κ2) is 13.3. The third kappa shape index (κ3) is 6.73. The molecule has 4 rings (SSSR count). The molecule has 3 aromatic rings. The van der Waals surface area contributed by atoms with Gasteiger partial charge in [0.15, 0.2) is 16.4 Å². The fraction of sp³-hybridized carbons (Fsp3) is 0.536. The van der Waals surface area contributed by atoms with Crippen molar-refractivity contribution < 1.29 is 37.7 Å². The molecule has 13 nitrogen and oxygen atoms in total. The minimum Gasteiger partial charge on any atom is -0.395 e. The van der Waals surface area contributed by atoms with E-state index in [4.69, 9.17) is 13.8 Å². The first kappa shape index (κ1) is 34.1. The van der Waals surface area contributed by atoms with Gasteiger partial charge in [-0.15, -0.1) is 0 Å². The molecule has 3 heterocycles. The van der Waals surface area contributed by atoms with Gasteiger partial charge in [0.25, 0.3) is 0 Å². The Balaban J connectivity index is 1.53. The highest BCUT2D eigenvalue weighted by Gasteiger charge is 2.67. The molecule has 3 N–H and O–H groups in total. The molecule has 1 aromatic carbocycles. The van der Waals surface area contributed by atoms with E-state index in [1.54, 1.807) is 52.0 Å². The normalized spacial score (nSPS) is 25.2. The minimum absolute atomic E-state index is 0.0516. The van der Waals surface area contributed by atoms with E-state index >= 15 is 4.39 Å². The summed E-state index contributed by atoms with van der Waals surface area (Å²) in [5.41, 5.74) is -4.48. The molecule has 16 heteroatoms. The van der Waals surface area contributed by atoms with Crippen molar-refractivity contribution in [3.63, 3.8) is 0 Å². The van der Waals surface area contributed by atoms with Crippen molar-refractivity contribution >= 4 is 30.3 Å². The van der Waals surface area contributed by atoms with E-state index in [0.717, 1.165) is 24.2 Å². The van der Waals surface area contributed by atoms with Gasteiger partial charge in [0.2, 0.25) is 5.60 Å². The summed E-state index contributed by atoms with van der Waals surface area (Å²) in [6, 6.07) is 10.9. The van der Waals surface area contributed by atoms with Gasteiger partial charge in [-0.1, -0.05) is 42.1 Å². The van der Waals surface area contributed by atoms with Gasteiger partial charge in [-0.25, -0.2) is 28.5 Å². The van der Waals surface area contributed by atoms with Gasteiger partial charge in [0, 0.05) is 12.3 Å². The Bertz CT molecular complexity index is 1580. The van der Waals surface area contributed by atoms with Crippen LogP contribution in [-0.4, -0.2) is 78.4 Å². The summed E-state index contributed by atoms with van der Waals surface area (Å²) >= 11 is 0.913. The zero-order valence-electron chi connectivity index (χ0n) is 25.1. The zero-order valence-corrected chi connectivity index (χ0v) is 26.8. The average Bonchev–Trinajstić information content (AvgIpc) is 3.50. The van der Waals surface area contributed by atoms with E-state index in [2.05, 4.69) is 20.2 Å². The van der Waals surface area contributed by atoms with Crippen LogP contribution in [-0.2, 0) is 35.3 Å². The SMILES string of the molecule is Cc1nc(C)c2ncc([C@]3(C#N)O[C@H](COP(=O)(NCc4ccccc4)OCCSC(=O)C(C)(C)CO)[C@@H](O)[C@@]3(C)F)n2n1. The molecule has 5 atom stereocenters. The summed E-state index contributed by atoms with van der Waals surface area (Å²) < 4.78 is 48.6. The molecule has 0 amide bonds. The number of ether oxygens (including phenoxy) is 1. The Labute approximate surface area is 258 Å². The number of thioether (sulfide) groups is 1. The maximum Gasteiger partial charge on any atom is 0.405 e. The van der Waals surface area contributed by atoms with Gasteiger partial charge in [0.05, 0.1) is 37.1 Å². The lowest BCUT2D eigenvalue weighted by atomic mass is 9.82. The van der Waals surface area contributed by atoms with Crippen molar-refractivity contribution in [3.8, 4) is 6.07 Å². The Morgan fingerprint density at radius 2 is 2.02 bits per heavy atom. The van der Waals surface area contributed by atoms with Crippen LogP contribution in [0.2, 0.25) is 0 Å². The standard InChI is InChI=1S/C28H36FN6O7PS/c1-18-24-31-14-22(35(24)34-19(2)33-18)28(16-30)27(5,29)23(37)21(42-28)15-41-43(39,32-13-20-9-7-6-8-10-20)40-11-12-44-25(38)26(3,4)17-36/h6-10,14,21,23,36-37H,11-13,15,17H2,1-5H3,(H,32,39)/t21-,23-,27-,28+,43?/m1/s1. The van der Waals surface area contributed by atoms with Gasteiger partial charge in [-0.2, -0.15) is 10.4 Å². The van der Waals surface area contributed by atoms with Gasteiger partial charge in [0.1, 0.15) is 29.8 Å². The highest BCUT2D eigenvalue weighted by Crippen LogP contribution is 2.51. The molecule has 0 bridgehead atoms. The summed E-state index contributed by atoms with van der Waals surface area (Å²) in [6.07, 6.45) is -2.08. The summed E-state index contributed by atoms with van der Waals surface area (Å²) in [6.45, 7) is 6.53. The molecule has 2 aromatic heterocycles. The number of fused-ring (bicyclic) bond motifs is 1. The summed E-state index contributed by atoms with van der Waals surface area (Å²) in [7, 11) is -4.13. The molecule has 1 aliphatic heterocycles. The third-order valence-electron chi connectivity index (χ3n) is 7.33. The number of alkyl halides is 1. The number of hydrogen-bond acceptors (Lipinski definition) is 12. The predicted molar refractivity (Wildman–Crippen MR) is 159 cm³/mol. The van der Waals surface area contributed by atoms with E-state index in [1.165, 1.54) is 10.7 Å². The smallest absolute Gasteiger partial charge is 0.395 e. The molecule has 1 fully saturated rings. The lowest BCUT2D eigenvalue weighted by Crippen LogP contribution is -2.48. The summed E-state index contributed by atoms with van der Waals surface area (Å²) in [4.78, 5) is 20.8. The van der Waals surface area contributed by atoms with Crippen LogP contribution in [0.25, 0.3) is 5.65 Å². The lowest BCUT2D eigenvalue weighted by Gasteiger charge is -2.30. The Morgan fingerprint density at radius 1 is 1.32 bits per heavy atom. The number of aliphatic hydroxyl groups excluding tert-OH is 2. The fourth-order valence-electron chi connectivity index (χ4n) is 4.62. The van der Waals surface area contributed by atoms with Gasteiger partial charge in [-0.3, -0.25) is 13.8 Å². The zero-order chi connectivity index (χ0) is 32.3. The number of aromatic nitrogens is 4. The van der Waals surface area contributed by atoms with E-state index in [9.17, 15) is 24.8 Å². The molecule has 1 aliphatic rings. The first-order valence-corrected chi connectivity index (χ1v) is 16.3. The number of carbonyl (C=O) groups excluding carboxylic acids is 1. The van der Waals surface area contributed by atoms with E-state index < -0.39 is 43.2 Å². The monoisotopic (exact) mass is 650 g/mol. The minimum atomic E-state index is -4.13. The number of nitrogens with one attached hydrogen (secondary N) is 1. The van der Waals surface area contributed by atoms with Gasteiger partial charge >= 0.3 is 7.75 Å². The van der Waals surface area contributed by atoms with Crippen LogP contribution in [0.4, 0.5) is 4.39 Å². The molecule has 0 saturated carbocycles. The van der Waals surface area contributed by atoms with Crippen LogP contribution in [0, 0.1) is 30.6 Å². The lowest BCUT2D eigenvalue weighted by molar-refractivity contribution is -0.119. The number of imidazole rings is 1. The third-order valence-corrected chi connectivity index (χ3v) is 10.1. The number of aliphatic hydroxyl groups is 2. The molecular formula is C28H36FN6O7PS. The van der Waals surface area contributed by atoms with Crippen molar-refractivity contribution in [2.24, 2.45) is 5.41 Å². The molecule has 238 valence electrons. The Hall–Kier alpha value is -2.80. The molecule has 0 spiro atoms. The second-order valence-corrected chi connectivity index (χ2v) is 14.1. The predicted octanol–water partition coefficient (Wildman–Crippen LogP) is 3.16. The Kier molecular flexibility index (Phi) is 10.3. The van der Waals surface area contributed by atoms with Crippen LogP contribution < -0.4 is 5.09 Å². The van der Waals surface area contributed by atoms with Crippen LogP contribution in [0.1, 0.15) is 43.5 Å². The van der Waals surface area contributed by atoms with E-state index in [-0.39, 0.29) is 42.0 Å². The number of hydrogen-bond donors (Lipinski definition) is 3. The molecule has 0 radical (unpaired) electrons. The van der Waals surface area contributed by atoms with Crippen molar-refractivity contribution in [1.29, 1.82) is 5.26 Å². The maximum absolute atomic E-state index is 16.4. The van der Waals surface area contributed by atoms with Crippen molar-refractivity contribution in [1.82, 2.24) is 24.7 Å². The number of benzene rings is 1. The molecular weight excluding hydrogens is 614 g/mol. The topological polar surface area (TPSA) is 181 Å². The first-order chi connectivity index (χ1) is 20.7. The number of rotatable bonds is 13. The number of halogens is 1. The van der Waals surface area contributed by atoms with Gasteiger partial charge in [-0.05, 0) is 40.2 Å². The number of aryl methyl sites for hydroxylation is 2. The second-order valence-electron chi connectivity index (χ2n) is 11.2. The summed E-state index contributed by atoms with van der Waals surface area (Å²) in [5.74, 6) is 0.462. The number of nitriles is 1. The molecule has 44 heavy (non-hydrogen) atoms. The number of carbonyl (C=O) groups is 1. The largest absolute Gasteiger partial charge is 0.405 e. The van der Waals surface area contributed by atoms with Crippen molar-refractivity contribution in [2.45, 2.75) is 64.6 Å². The van der Waals surface area contributed by atoms with E-state index in [1.807, 2.05) is 12.1 Å². The molecule has 1 saturated heterocycles. The molecule has 0 aliphatic carbocycles. The van der Waals surface area contributed by atoms with Gasteiger partial charge < -0.3 is 14.9 Å². The highest BCUT2D eigenvalue weighted by molar-refractivity contribution is 8.13. The summed E-state index contributed by atoms with van der Waals surface area (Å²) in [5, 5.41) is 37.5. The quantitative estimate of drug-likeness (QED) is 0.181. The van der Waals surface area contributed by atoms with E-state index in [0.29, 0.717) is 11.5 Å².